The van der Waals surface area contributed by atoms with Crippen molar-refractivity contribution in [2.45, 2.75) is 25.1 Å². The summed E-state index contributed by atoms with van der Waals surface area (Å²) >= 11 is 0. The molecule has 0 aliphatic heterocycles. The molecule has 5 nitrogen and oxygen atoms in total. The number of carbonyl (C=O) groups is 1. The van der Waals surface area contributed by atoms with Crippen molar-refractivity contribution in [3.8, 4) is 0 Å². The van der Waals surface area contributed by atoms with E-state index in [1.807, 2.05) is 0 Å². The summed E-state index contributed by atoms with van der Waals surface area (Å²) in [5, 5.41) is 20.7. The Hall–Kier alpha value is -1.67. The van der Waals surface area contributed by atoms with Gasteiger partial charge in [-0.25, -0.2) is 0 Å². The molecule has 112 valence electrons. The van der Waals surface area contributed by atoms with Crippen LogP contribution in [0.25, 0.3) is 0 Å². The topological polar surface area (TPSA) is 82.5 Å². The Bertz CT molecular complexity index is 448. The number of carbonyl (C=O) groups excluding carboxylic acids is 1. The van der Waals surface area contributed by atoms with Gasteiger partial charge >= 0.3 is 6.18 Å². The van der Waals surface area contributed by atoms with Crippen LogP contribution >= 0.6 is 0 Å². The van der Waals surface area contributed by atoms with E-state index in [1.54, 1.807) is 6.92 Å². The van der Waals surface area contributed by atoms with Crippen LogP contribution in [0.5, 0.6) is 0 Å². The molecule has 1 rings (SSSR count). The Balaban J connectivity index is 2.88. The molecule has 0 aliphatic carbocycles. The first-order valence-electron chi connectivity index (χ1n) is 5.85. The molecule has 8 heteroatoms. The quantitative estimate of drug-likeness (QED) is 0.755. The van der Waals surface area contributed by atoms with E-state index in [4.69, 9.17) is 0 Å². The van der Waals surface area contributed by atoms with Crippen LogP contribution in [-0.4, -0.2) is 39.9 Å². The van der Waals surface area contributed by atoms with Gasteiger partial charge in [-0.2, -0.15) is 13.2 Å². The molecule has 1 aromatic rings. The van der Waals surface area contributed by atoms with Gasteiger partial charge in [0.15, 0.2) is 0 Å². The lowest BCUT2D eigenvalue weighted by Crippen LogP contribution is -2.53. The highest BCUT2D eigenvalue weighted by Crippen LogP contribution is 2.28. The van der Waals surface area contributed by atoms with E-state index in [9.17, 15) is 28.2 Å². The fourth-order valence-corrected chi connectivity index (χ4v) is 1.44. The van der Waals surface area contributed by atoms with Gasteiger partial charge in [0.25, 0.3) is 5.91 Å². The zero-order chi connectivity index (χ0) is 15.4. The number of rotatable bonds is 5. The first-order valence-corrected chi connectivity index (χ1v) is 5.85. The molecule has 3 N–H and O–H groups in total. The van der Waals surface area contributed by atoms with Crippen molar-refractivity contribution < 1.29 is 28.2 Å². The summed E-state index contributed by atoms with van der Waals surface area (Å²) in [6.07, 6.45) is -3.71. The number of aromatic nitrogens is 1. The van der Waals surface area contributed by atoms with Gasteiger partial charge in [-0.15, -0.1) is 0 Å². The molecule has 1 heterocycles. The number of alkyl halides is 3. The zero-order valence-corrected chi connectivity index (χ0v) is 10.7. The average Bonchev–Trinajstić information content (AvgIpc) is 2.44. The van der Waals surface area contributed by atoms with Crippen LogP contribution in [0.4, 0.5) is 13.2 Å². The fraction of sp³-hybridized carbons (Fsp3) is 0.500. The standard InChI is InChI=1S/C12H15F3N2O3/c1-2-11(6-18,7-19)17-10(20)9-4-3-8(5-16-9)12(13,14)15/h3-5,18-19H,2,6-7H2,1H3,(H,17,20). The molecule has 1 amide bonds. The van der Waals surface area contributed by atoms with Crippen LogP contribution < -0.4 is 5.32 Å². The normalized spacial score (nSPS) is 12.3. The van der Waals surface area contributed by atoms with Crippen molar-refractivity contribution >= 4 is 5.91 Å². The lowest BCUT2D eigenvalue weighted by molar-refractivity contribution is -0.137. The second kappa shape index (κ2) is 6.19. The first-order chi connectivity index (χ1) is 9.28. The highest BCUT2D eigenvalue weighted by Gasteiger charge is 2.32. The molecule has 0 bridgehead atoms. The Morgan fingerprint density at radius 1 is 1.30 bits per heavy atom. The van der Waals surface area contributed by atoms with E-state index in [2.05, 4.69) is 10.3 Å². The van der Waals surface area contributed by atoms with E-state index in [0.29, 0.717) is 6.20 Å². The highest BCUT2D eigenvalue weighted by molar-refractivity contribution is 5.92. The molecule has 0 fully saturated rings. The van der Waals surface area contributed by atoms with Gasteiger partial charge in [0.2, 0.25) is 0 Å². The van der Waals surface area contributed by atoms with Crippen molar-refractivity contribution in [1.29, 1.82) is 0 Å². The number of hydrogen-bond acceptors (Lipinski definition) is 4. The van der Waals surface area contributed by atoms with Crippen LogP contribution in [0.3, 0.4) is 0 Å². The summed E-state index contributed by atoms with van der Waals surface area (Å²) in [5.41, 5.74) is -2.40. The van der Waals surface area contributed by atoms with Crippen LogP contribution in [0.2, 0.25) is 0 Å². The number of hydrogen-bond donors (Lipinski definition) is 3. The number of aliphatic hydroxyl groups excluding tert-OH is 2. The number of pyridine rings is 1. The summed E-state index contributed by atoms with van der Waals surface area (Å²) in [6, 6.07) is 1.68. The minimum Gasteiger partial charge on any atom is -0.394 e. The van der Waals surface area contributed by atoms with Crippen molar-refractivity contribution in [2.24, 2.45) is 0 Å². The Labute approximate surface area is 113 Å². The third-order valence-electron chi connectivity index (χ3n) is 2.98. The van der Waals surface area contributed by atoms with Gasteiger partial charge in [-0.05, 0) is 18.6 Å². The number of nitrogens with one attached hydrogen (secondary N) is 1. The maximum atomic E-state index is 12.3. The van der Waals surface area contributed by atoms with Crippen molar-refractivity contribution in [3.05, 3.63) is 29.6 Å². The molecule has 0 unspecified atom stereocenters. The molecule has 0 saturated carbocycles. The Morgan fingerprint density at radius 3 is 2.25 bits per heavy atom. The summed E-state index contributed by atoms with van der Waals surface area (Å²) < 4.78 is 37.0. The lowest BCUT2D eigenvalue weighted by atomic mass is 9.98. The maximum absolute atomic E-state index is 12.3. The van der Waals surface area contributed by atoms with Gasteiger partial charge in [-0.3, -0.25) is 9.78 Å². The molecule has 1 aromatic heterocycles. The van der Waals surface area contributed by atoms with Crippen LogP contribution in [-0.2, 0) is 6.18 Å². The second-order valence-corrected chi connectivity index (χ2v) is 4.33. The largest absolute Gasteiger partial charge is 0.417 e. The van der Waals surface area contributed by atoms with E-state index < -0.39 is 36.4 Å². The van der Waals surface area contributed by atoms with Crippen LogP contribution in [0.15, 0.2) is 18.3 Å². The molecule has 0 spiro atoms. The number of aliphatic hydroxyl groups is 2. The first kappa shape index (κ1) is 16.4. The van der Waals surface area contributed by atoms with E-state index in [-0.39, 0.29) is 12.1 Å². The predicted molar refractivity (Wildman–Crippen MR) is 63.9 cm³/mol. The Kier molecular flexibility index (Phi) is 5.07. The third-order valence-corrected chi connectivity index (χ3v) is 2.98. The summed E-state index contributed by atoms with van der Waals surface area (Å²) in [5.74, 6) is -0.760. The minimum absolute atomic E-state index is 0.224. The monoisotopic (exact) mass is 292 g/mol. The molecular weight excluding hydrogens is 277 g/mol. The van der Waals surface area contributed by atoms with Gasteiger partial charge in [0.1, 0.15) is 5.69 Å². The van der Waals surface area contributed by atoms with Crippen molar-refractivity contribution in [3.63, 3.8) is 0 Å². The number of amides is 1. The van der Waals surface area contributed by atoms with Crippen molar-refractivity contribution in [1.82, 2.24) is 10.3 Å². The highest BCUT2D eigenvalue weighted by atomic mass is 19.4. The fourth-order valence-electron chi connectivity index (χ4n) is 1.44. The van der Waals surface area contributed by atoms with Crippen molar-refractivity contribution in [2.75, 3.05) is 13.2 Å². The lowest BCUT2D eigenvalue weighted by Gasteiger charge is -2.29. The second-order valence-electron chi connectivity index (χ2n) is 4.33. The summed E-state index contributed by atoms with van der Waals surface area (Å²) in [7, 11) is 0. The smallest absolute Gasteiger partial charge is 0.394 e. The van der Waals surface area contributed by atoms with Gasteiger partial charge in [0, 0.05) is 6.20 Å². The molecular formula is C12H15F3N2O3. The average molecular weight is 292 g/mol. The number of nitrogens with zero attached hydrogens (tertiary/aromatic N) is 1. The summed E-state index contributed by atoms with van der Waals surface area (Å²) in [6.45, 7) is 0.658. The van der Waals surface area contributed by atoms with Crippen LogP contribution in [0.1, 0.15) is 29.4 Å². The van der Waals surface area contributed by atoms with E-state index >= 15 is 0 Å². The van der Waals surface area contributed by atoms with Gasteiger partial charge in [-0.1, -0.05) is 6.92 Å². The minimum atomic E-state index is -4.52. The zero-order valence-electron chi connectivity index (χ0n) is 10.7. The molecule has 0 aromatic carbocycles. The predicted octanol–water partition coefficient (Wildman–Crippen LogP) is 0.964. The van der Waals surface area contributed by atoms with Gasteiger partial charge in [0.05, 0.1) is 24.3 Å². The Morgan fingerprint density at radius 2 is 1.90 bits per heavy atom. The van der Waals surface area contributed by atoms with E-state index in [1.165, 1.54) is 0 Å². The maximum Gasteiger partial charge on any atom is 0.417 e. The molecule has 0 saturated heterocycles. The molecule has 0 atom stereocenters. The van der Waals surface area contributed by atoms with Gasteiger partial charge < -0.3 is 15.5 Å². The third kappa shape index (κ3) is 3.67. The SMILES string of the molecule is CCC(CO)(CO)NC(=O)c1ccc(C(F)(F)F)cn1. The molecule has 0 aliphatic rings. The molecule has 0 radical (unpaired) electrons. The van der Waals surface area contributed by atoms with E-state index in [0.717, 1.165) is 12.1 Å². The number of halogens is 3. The van der Waals surface area contributed by atoms with Crippen LogP contribution in [0, 0.1) is 0 Å². The summed E-state index contributed by atoms with van der Waals surface area (Å²) in [4.78, 5) is 15.3. The molecule has 20 heavy (non-hydrogen) atoms.